The molecule has 344 valence electrons. The number of nitrogens with zero attached hydrogens (tertiary/aromatic N) is 10. The van der Waals surface area contributed by atoms with E-state index in [0.717, 1.165) is 18.7 Å². The highest BCUT2D eigenvalue weighted by Gasteiger charge is 2.47. The second kappa shape index (κ2) is 22.7. The van der Waals surface area contributed by atoms with Gasteiger partial charge in [0.25, 0.3) is 11.8 Å². The van der Waals surface area contributed by atoms with Crippen LogP contribution in [0.5, 0.6) is 0 Å². The van der Waals surface area contributed by atoms with Crippen molar-refractivity contribution < 1.29 is 55.6 Å². The minimum absolute atomic E-state index is 0.00687. The lowest BCUT2D eigenvalue weighted by Gasteiger charge is -2.37. The van der Waals surface area contributed by atoms with Crippen molar-refractivity contribution in [2.75, 3.05) is 143 Å². The predicted octanol–water partition coefficient (Wildman–Crippen LogP) is -0.830. The first-order valence-electron chi connectivity index (χ1n) is 21.8. The molecule has 1 aromatic carbocycles. The van der Waals surface area contributed by atoms with E-state index >= 15 is 0 Å². The third-order valence-corrected chi connectivity index (χ3v) is 11.4. The fourth-order valence-electron chi connectivity index (χ4n) is 7.92. The van der Waals surface area contributed by atoms with E-state index in [1.165, 1.54) is 12.3 Å². The van der Waals surface area contributed by atoms with Crippen LogP contribution < -0.4 is 10.2 Å². The number of hydrogen-bond acceptors (Lipinski definition) is 14. The highest BCUT2D eigenvalue weighted by molar-refractivity contribution is 6.07. The normalized spacial score (nSPS) is 20.8. The van der Waals surface area contributed by atoms with Crippen LogP contribution in [0.15, 0.2) is 30.5 Å². The number of aromatic nitrogens is 1. The number of anilines is 1. The minimum atomic E-state index is -3.36. The summed E-state index contributed by atoms with van der Waals surface area (Å²) < 4.78 is 44.4. The van der Waals surface area contributed by atoms with E-state index in [4.69, 9.17) is 2.74 Å². The zero-order valence-corrected chi connectivity index (χ0v) is 35.3. The van der Waals surface area contributed by atoms with Gasteiger partial charge in [-0.25, -0.2) is 8.78 Å². The van der Waals surface area contributed by atoms with Gasteiger partial charge in [-0.2, -0.15) is 5.26 Å². The number of carboxylic acids is 3. The maximum Gasteiger partial charge on any atom is 0.317 e. The number of hydrogen-bond donors (Lipinski definition) is 4. The number of carbonyl (C=O) groups is 6. The number of benzene rings is 1. The molecule has 3 saturated heterocycles. The summed E-state index contributed by atoms with van der Waals surface area (Å²) >= 11 is 0. The molecule has 1 atom stereocenters. The zero-order valence-electron chi connectivity index (χ0n) is 37.3. The summed E-state index contributed by atoms with van der Waals surface area (Å²) in [4.78, 5) is 92.5. The van der Waals surface area contributed by atoms with E-state index in [1.54, 1.807) is 37.8 Å². The third kappa shape index (κ3) is 14.7. The highest BCUT2D eigenvalue weighted by atomic mass is 19.3. The molecule has 0 saturated carbocycles. The number of nitrogens with one attached hydrogen (secondary N) is 1. The van der Waals surface area contributed by atoms with Crippen LogP contribution >= 0.6 is 0 Å². The largest absolute Gasteiger partial charge is 0.480 e. The molecular formula is C41H57F2N11O9. The SMILES string of the molecule is [2H]C([2H])(NC(=O)c1ccnc2ccc(N(C)CCCN3CCN(C(=O)CN4CCN(CC(=O)O)CCN(CC(=O)O)CCN(CC(=O)O)CC4)CC3)cc12)C(=O)N1CC(F)(F)C[C@H]1C#N. The third-order valence-electron chi connectivity index (χ3n) is 11.4. The van der Waals surface area contributed by atoms with Crippen molar-refractivity contribution in [3.05, 3.63) is 36.0 Å². The number of carboxylic acid groups (broad SMARTS) is 3. The van der Waals surface area contributed by atoms with E-state index in [9.17, 15) is 58.1 Å². The monoisotopic (exact) mass is 887 g/mol. The number of likely N-dealkylation sites (tertiary alicyclic amines) is 1. The van der Waals surface area contributed by atoms with Gasteiger partial charge in [0.15, 0.2) is 0 Å². The lowest BCUT2D eigenvalue weighted by atomic mass is 10.1. The number of nitriles is 1. The molecule has 3 fully saturated rings. The Hall–Kier alpha value is -5.60. The molecule has 4 heterocycles. The number of halogens is 2. The number of carbonyl (C=O) groups excluding carboxylic acids is 3. The molecule has 20 nitrogen and oxygen atoms in total. The molecule has 3 aliphatic heterocycles. The van der Waals surface area contributed by atoms with Crippen LogP contribution in [-0.2, 0) is 24.0 Å². The van der Waals surface area contributed by atoms with Gasteiger partial charge in [-0.3, -0.25) is 58.3 Å². The highest BCUT2D eigenvalue weighted by Crippen LogP contribution is 2.31. The summed E-state index contributed by atoms with van der Waals surface area (Å²) in [6, 6.07) is 6.66. The van der Waals surface area contributed by atoms with Crippen LogP contribution in [0.1, 0.15) is 25.9 Å². The van der Waals surface area contributed by atoms with Crippen molar-refractivity contribution in [1.82, 2.24) is 44.6 Å². The van der Waals surface area contributed by atoms with Crippen LogP contribution in [0.3, 0.4) is 0 Å². The van der Waals surface area contributed by atoms with Gasteiger partial charge in [0.05, 0.1) is 59.1 Å². The molecule has 3 aliphatic rings. The molecule has 4 N–H and O–H groups in total. The van der Waals surface area contributed by atoms with E-state index in [2.05, 4.69) is 9.88 Å². The number of pyridine rings is 1. The smallest absolute Gasteiger partial charge is 0.317 e. The predicted molar refractivity (Wildman–Crippen MR) is 224 cm³/mol. The average molecular weight is 888 g/mol. The summed E-state index contributed by atoms with van der Waals surface area (Å²) in [5, 5.41) is 40.1. The summed E-state index contributed by atoms with van der Waals surface area (Å²) in [6.07, 6.45) is 1.17. The first-order valence-corrected chi connectivity index (χ1v) is 20.8. The van der Waals surface area contributed by atoms with Gasteiger partial charge in [0.2, 0.25) is 11.8 Å². The number of fused-ring (bicyclic) bond motifs is 1. The van der Waals surface area contributed by atoms with Crippen molar-refractivity contribution in [3.8, 4) is 6.07 Å². The van der Waals surface area contributed by atoms with Crippen molar-refractivity contribution >= 4 is 52.2 Å². The van der Waals surface area contributed by atoms with Gasteiger partial charge in [-0.05, 0) is 37.2 Å². The van der Waals surface area contributed by atoms with Crippen LogP contribution in [0.2, 0.25) is 0 Å². The van der Waals surface area contributed by atoms with Crippen molar-refractivity contribution in [2.45, 2.75) is 24.8 Å². The standard InChI is InChI=1S/C41H57F2N11O9/c1-47(30-3-4-34-33(21-30)32(5-6-45-34)40(63)46-24-35(55)54-29-41(42,43)22-31(54)23-44)7-2-8-48-17-19-53(20-18-48)36(56)25-49-9-11-50(26-37(57)58)13-15-52(28-39(61)62)16-14-51(12-10-49)27-38(59)60/h3-6,21,31H,2,7-20,22,24-29H2,1H3,(H,46,63)(H,57,58)(H,59,60)(H,61,62)/t31-/m0/s1/i24D2. The summed E-state index contributed by atoms with van der Waals surface area (Å²) in [6.45, 7) is 1.10. The van der Waals surface area contributed by atoms with E-state index in [0.29, 0.717) is 74.7 Å². The summed E-state index contributed by atoms with van der Waals surface area (Å²) in [5.74, 6) is -8.96. The van der Waals surface area contributed by atoms with Gasteiger partial charge in [0.1, 0.15) is 6.04 Å². The van der Waals surface area contributed by atoms with E-state index in [1.807, 2.05) is 28.2 Å². The summed E-state index contributed by atoms with van der Waals surface area (Å²) in [5.41, 5.74) is 1.16. The minimum Gasteiger partial charge on any atom is -0.480 e. The fraction of sp³-hybridized carbons (Fsp3) is 0.610. The van der Waals surface area contributed by atoms with Gasteiger partial charge in [-0.15, -0.1) is 0 Å². The molecule has 0 radical (unpaired) electrons. The molecule has 63 heavy (non-hydrogen) atoms. The molecule has 3 amide bonds. The zero-order chi connectivity index (χ0) is 47.5. The molecule has 22 heteroatoms. The van der Waals surface area contributed by atoms with Gasteiger partial charge < -0.3 is 35.3 Å². The van der Waals surface area contributed by atoms with Crippen LogP contribution in [0.4, 0.5) is 14.5 Å². The van der Waals surface area contributed by atoms with E-state index in [-0.39, 0.29) is 63.8 Å². The Morgan fingerprint density at radius 3 is 1.86 bits per heavy atom. The van der Waals surface area contributed by atoms with Gasteiger partial charge in [0, 0.05) is 116 Å². The fourth-order valence-corrected chi connectivity index (χ4v) is 7.92. The first kappa shape index (κ1) is 45.4. The second-order valence-electron chi connectivity index (χ2n) is 16.1. The van der Waals surface area contributed by atoms with E-state index < -0.39 is 61.1 Å². The number of amides is 3. The molecular weight excluding hydrogens is 829 g/mol. The Morgan fingerprint density at radius 1 is 0.810 bits per heavy atom. The lowest BCUT2D eigenvalue weighted by molar-refractivity contribution is -0.141. The number of rotatable bonds is 16. The topological polar surface area (TPSA) is 238 Å². The molecule has 0 spiro atoms. The van der Waals surface area contributed by atoms with Crippen molar-refractivity contribution in [2.24, 2.45) is 0 Å². The number of aliphatic carboxylic acids is 3. The molecule has 5 rings (SSSR count). The van der Waals surface area contributed by atoms with Gasteiger partial charge >= 0.3 is 17.9 Å². The Balaban J connectivity index is 1.12. The Morgan fingerprint density at radius 2 is 1.33 bits per heavy atom. The maximum atomic E-state index is 14.0. The Kier molecular flexibility index (Phi) is 16.3. The van der Waals surface area contributed by atoms with Crippen LogP contribution in [0.25, 0.3) is 10.9 Å². The molecule has 1 aromatic heterocycles. The van der Waals surface area contributed by atoms with Crippen LogP contribution in [-0.4, -0.2) is 240 Å². The number of piperazine rings is 1. The first-order chi connectivity index (χ1) is 30.7. The lowest BCUT2D eigenvalue weighted by Crippen LogP contribution is -2.53. The van der Waals surface area contributed by atoms with Crippen molar-refractivity contribution in [1.29, 1.82) is 5.26 Å². The maximum absolute atomic E-state index is 14.0. The van der Waals surface area contributed by atoms with Crippen LogP contribution in [0, 0.1) is 11.3 Å². The number of alkyl halides is 2. The average Bonchev–Trinajstić information content (AvgIpc) is 3.57. The molecule has 0 bridgehead atoms. The van der Waals surface area contributed by atoms with Crippen molar-refractivity contribution in [3.63, 3.8) is 0 Å². The molecule has 0 unspecified atom stereocenters. The quantitative estimate of drug-likeness (QED) is 0.161. The Labute approximate surface area is 367 Å². The molecule has 0 aliphatic carbocycles. The summed E-state index contributed by atoms with van der Waals surface area (Å²) in [7, 11) is 1.87. The second-order valence-corrected chi connectivity index (χ2v) is 16.1. The Bertz CT molecular complexity index is 2060. The van der Waals surface area contributed by atoms with Gasteiger partial charge in [-0.1, -0.05) is 0 Å². The molecule has 2 aromatic rings.